The van der Waals surface area contributed by atoms with Gasteiger partial charge in [0.15, 0.2) is 0 Å². The first-order chi connectivity index (χ1) is 14.0. The first-order valence-corrected chi connectivity index (χ1v) is 12.2. The van der Waals surface area contributed by atoms with E-state index in [9.17, 15) is 13.2 Å². The lowest BCUT2D eigenvalue weighted by molar-refractivity contribution is -0.117. The summed E-state index contributed by atoms with van der Waals surface area (Å²) in [7, 11) is -2.13. The summed E-state index contributed by atoms with van der Waals surface area (Å²) in [5.74, 6) is 0.430. The number of carbonyl (C=O) groups excluding carboxylic acids is 1. The van der Waals surface area contributed by atoms with E-state index in [4.69, 9.17) is 4.74 Å². The van der Waals surface area contributed by atoms with Crippen LogP contribution in [0.25, 0.3) is 0 Å². The first kappa shape index (κ1) is 21.7. The second-order valence-electron chi connectivity index (χ2n) is 6.89. The van der Waals surface area contributed by atoms with Crippen molar-refractivity contribution in [3.05, 3.63) is 48.5 Å². The van der Waals surface area contributed by atoms with E-state index in [1.54, 1.807) is 36.0 Å². The fourth-order valence-corrected chi connectivity index (χ4v) is 5.79. The number of rotatable bonds is 7. The van der Waals surface area contributed by atoms with Gasteiger partial charge in [-0.2, -0.15) is 4.31 Å². The number of thioether (sulfide) groups is 1. The number of nitrogens with zero attached hydrogens (tertiary/aromatic N) is 1. The number of ether oxygens (including phenoxy) is 1. The summed E-state index contributed by atoms with van der Waals surface area (Å²) in [4.78, 5) is 13.9. The van der Waals surface area contributed by atoms with Crippen LogP contribution in [-0.4, -0.2) is 44.6 Å². The van der Waals surface area contributed by atoms with Crippen LogP contribution < -0.4 is 10.1 Å². The van der Waals surface area contributed by atoms with Crippen LogP contribution in [0.5, 0.6) is 5.75 Å². The van der Waals surface area contributed by atoms with Crippen molar-refractivity contribution in [1.29, 1.82) is 0 Å². The zero-order valence-electron chi connectivity index (χ0n) is 16.6. The molecule has 2 aromatic rings. The summed E-state index contributed by atoms with van der Waals surface area (Å²) >= 11 is 1.56. The van der Waals surface area contributed by atoms with Gasteiger partial charge in [-0.25, -0.2) is 8.42 Å². The van der Waals surface area contributed by atoms with Gasteiger partial charge >= 0.3 is 0 Å². The topological polar surface area (TPSA) is 75.7 Å². The molecule has 1 fully saturated rings. The van der Waals surface area contributed by atoms with Crippen molar-refractivity contribution in [2.45, 2.75) is 41.5 Å². The van der Waals surface area contributed by atoms with Crippen LogP contribution in [0.15, 0.2) is 58.3 Å². The normalized spacial score (nSPS) is 17.7. The summed E-state index contributed by atoms with van der Waals surface area (Å²) in [5, 5.41) is 2.94. The Bertz CT molecular complexity index is 945. The molecular formula is C21H26N2O4S2. The number of piperidine rings is 1. The number of nitrogens with one attached hydrogen (secondary N) is 1. The molecule has 0 spiro atoms. The zero-order valence-corrected chi connectivity index (χ0v) is 18.3. The molecule has 1 heterocycles. The number of amides is 1. The number of hydrogen-bond donors (Lipinski definition) is 1. The number of sulfonamides is 1. The molecular weight excluding hydrogens is 408 g/mol. The molecule has 0 aromatic heterocycles. The lowest BCUT2D eigenvalue weighted by Crippen LogP contribution is -2.45. The van der Waals surface area contributed by atoms with Crippen LogP contribution in [-0.2, 0) is 14.8 Å². The summed E-state index contributed by atoms with van der Waals surface area (Å²) in [6.45, 7) is 0.424. The highest BCUT2D eigenvalue weighted by molar-refractivity contribution is 7.98. The van der Waals surface area contributed by atoms with Gasteiger partial charge in [0.1, 0.15) is 5.75 Å². The van der Waals surface area contributed by atoms with Gasteiger partial charge in [-0.3, -0.25) is 4.79 Å². The van der Waals surface area contributed by atoms with E-state index in [2.05, 4.69) is 5.32 Å². The monoisotopic (exact) mass is 434 g/mol. The van der Waals surface area contributed by atoms with Gasteiger partial charge in [0.05, 0.1) is 17.7 Å². The number of hydrogen-bond acceptors (Lipinski definition) is 5. The molecule has 6 nitrogen and oxygen atoms in total. The van der Waals surface area contributed by atoms with Gasteiger partial charge in [-0.1, -0.05) is 18.6 Å². The van der Waals surface area contributed by atoms with E-state index in [1.807, 2.05) is 30.5 Å². The third-order valence-corrected chi connectivity index (χ3v) is 7.80. The molecule has 1 atom stereocenters. The van der Waals surface area contributed by atoms with Crippen molar-refractivity contribution in [3.8, 4) is 5.75 Å². The molecule has 1 aliphatic rings. The molecule has 8 heteroatoms. The molecule has 29 heavy (non-hydrogen) atoms. The Morgan fingerprint density at radius 3 is 2.59 bits per heavy atom. The van der Waals surface area contributed by atoms with E-state index < -0.39 is 10.0 Å². The van der Waals surface area contributed by atoms with Crippen molar-refractivity contribution < 1.29 is 17.9 Å². The maximum absolute atomic E-state index is 13.2. The fraction of sp³-hybridized carbons (Fsp3) is 0.381. The van der Waals surface area contributed by atoms with E-state index in [0.717, 1.165) is 23.4 Å². The average molecular weight is 435 g/mol. The lowest BCUT2D eigenvalue weighted by Gasteiger charge is -2.34. The molecule has 156 valence electrons. The van der Waals surface area contributed by atoms with Gasteiger partial charge < -0.3 is 10.1 Å². The predicted octanol–water partition coefficient (Wildman–Crippen LogP) is 3.99. The lowest BCUT2D eigenvalue weighted by atomic mass is 10.0. The minimum atomic E-state index is -3.67. The van der Waals surface area contributed by atoms with Crippen molar-refractivity contribution >= 4 is 33.4 Å². The second kappa shape index (κ2) is 9.65. The minimum Gasteiger partial charge on any atom is -0.497 e. The largest absolute Gasteiger partial charge is 0.497 e. The molecule has 3 rings (SSSR count). The van der Waals surface area contributed by atoms with E-state index >= 15 is 0 Å². The number of carbonyl (C=O) groups is 1. The Morgan fingerprint density at radius 1 is 1.17 bits per heavy atom. The Labute approximate surface area is 176 Å². The van der Waals surface area contributed by atoms with Crippen molar-refractivity contribution in [3.63, 3.8) is 0 Å². The molecule has 2 aromatic carbocycles. The summed E-state index contributed by atoms with van der Waals surface area (Å²) < 4.78 is 33.0. The minimum absolute atomic E-state index is 0.137. The molecule has 1 amide bonds. The highest BCUT2D eigenvalue weighted by Gasteiger charge is 2.34. The number of methoxy groups -OCH3 is 1. The zero-order chi connectivity index (χ0) is 20.9. The van der Waals surface area contributed by atoms with Crippen LogP contribution in [0.4, 0.5) is 5.69 Å². The van der Waals surface area contributed by atoms with Gasteiger partial charge in [-0.05, 0) is 55.5 Å². The average Bonchev–Trinajstić information content (AvgIpc) is 2.74. The molecule has 0 bridgehead atoms. The SMILES string of the molecule is COc1ccc(S(=O)(=O)N2CCCC[C@H]2CC(=O)Nc2ccccc2SC)cc1. The molecule has 1 aliphatic heterocycles. The maximum atomic E-state index is 13.2. The standard InChI is InChI=1S/C21H26N2O4S2/c1-27-17-10-12-18(13-11-17)29(25,26)23-14-6-5-7-16(23)15-21(24)22-19-8-3-4-9-20(19)28-2/h3-4,8-13,16H,5-7,14-15H2,1-2H3,(H,22,24)/t16-/m0/s1. The highest BCUT2D eigenvalue weighted by Crippen LogP contribution is 2.29. The number of benzene rings is 2. The van der Waals surface area contributed by atoms with Gasteiger partial charge in [0.25, 0.3) is 0 Å². The molecule has 0 saturated carbocycles. The van der Waals surface area contributed by atoms with E-state index in [1.165, 1.54) is 11.4 Å². The van der Waals surface area contributed by atoms with Crippen LogP contribution in [0.1, 0.15) is 25.7 Å². The molecule has 1 N–H and O–H groups in total. The molecule has 0 unspecified atom stereocenters. The number of anilines is 1. The van der Waals surface area contributed by atoms with Crippen LogP contribution in [0.2, 0.25) is 0 Å². The van der Waals surface area contributed by atoms with Crippen molar-refractivity contribution in [2.75, 3.05) is 25.2 Å². The number of para-hydroxylation sites is 1. The van der Waals surface area contributed by atoms with Crippen molar-refractivity contribution in [2.24, 2.45) is 0 Å². The predicted molar refractivity (Wildman–Crippen MR) is 116 cm³/mol. The summed E-state index contributed by atoms with van der Waals surface area (Å²) in [5.41, 5.74) is 0.755. The van der Waals surface area contributed by atoms with Gasteiger partial charge in [0, 0.05) is 23.9 Å². The maximum Gasteiger partial charge on any atom is 0.243 e. The van der Waals surface area contributed by atoms with Crippen molar-refractivity contribution in [1.82, 2.24) is 4.31 Å². The van der Waals surface area contributed by atoms with Gasteiger partial charge in [0.2, 0.25) is 15.9 Å². The van der Waals surface area contributed by atoms with E-state index in [0.29, 0.717) is 18.7 Å². The Kier molecular flexibility index (Phi) is 7.21. The summed E-state index contributed by atoms with van der Waals surface area (Å²) in [6.07, 6.45) is 4.47. The highest BCUT2D eigenvalue weighted by atomic mass is 32.2. The molecule has 1 saturated heterocycles. The van der Waals surface area contributed by atoms with E-state index in [-0.39, 0.29) is 23.3 Å². The Hall–Kier alpha value is -2.03. The summed E-state index contributed by atoms with van der Waals surface area (Å²) in [6, 6.07) is 13.6. The Morgan fingerprint density at radius 2 is 1.90 bits per heavy atom. The van der Waals surface area contributed by atoms with Crippen LogP contribution >= 0.6 is 11.8 Å². The smallest absolute Gasteiger partial charge is 0.243 e. The van der Waals surface area contributed by atoms with Crippen LogP contribution in [0.3, 0.4) is 0 Å². The molecule has 0 radical (unpaired) electrons. The first-order valence-electron chi connectivity index (χ1n) is 9.54. The second-order valence-corrected chi connectivity index (χ2v) is 9.63. The van der Waals surface area contributed by atoms with Gasteiger partial charge in [-0.15, -0.1) is 11.8 Å². The Balaban J connectivity index is 1.75. The third-order valence-electron chi connectivity index (χ3n) is 5.04. The molecule has 0 aliphatic carbocycles. The van der Waals surface area contributed by atoms with Crippen LogP contribution in [0, 0.1) is 0 Å². The fourth-order valence-electron chi connectivity index (χ4n) is 3.54. The third kappa shape index (κ3) is 5.12. The quantitative estimate of drug-likeness (QED) is 0.667.